The fraction of sp³-hybridized carbons (Fsp3) is 0.444. The average molecular weight is 477 g/mol. The summed E-state index contributed by atoms with van der Waals surface area (Å²) in [6.45, 7) is 5.17. The molecule has 0 unspecified atom stereocenters. The average Bonchev–Trinajstić information content (AvgIpc) is 3.25. The second kappa shape index (κ2) is 12.2. The molecule has 1 fully saturated rings. The van der Waals surface area contributed by atoms with Gasteiger partial charge >= 0.3 is 0 Å². The van der Waals surface area contributed by atoms with Crippen molar-refractivity contribution in [2.75, 3.05) is 38.1 Å². The third kappa shape index (κ3) is 6.11. The topological polar surface area (TPSA) is 116 Å². The van der Waals surface area contributed by atoms with Gasteiger partial charge in [-0.15, -0.1) is 12.8 Å². The molecule has 4 rings (SSSR count). The number of rotatable bonds is 9. The zero-order valence-electron chi connectivity index (χ0n) is 20.7. The molecule has 2 amide bonds. The highest BCUT2D eigenvalue weighted by molar-refractivity contribution is 6.18. The lowest BCUT2D eigenvalue weighted by atomic mass is 9.90. The second-order valence-electron chi connectivity index (χ2n) is 9.03. The summed E-state index contributed by atoms with van der Waals surface area (Å²) in [5.41, 5.74) is 9.19. The lowest BCUT2D eigenvalue weighted by Crippen LogP contribution is -2.26. The first-order valence-electron chi connectivity index (χ1n) is 12.2. The van der Waals surface area contributed by atoms with Crippen LogP contribution in [0.5, 0.6) is 0 Å². The number of hydrogen-bond acceptors (Lipinski definition) is 5. The Bertz CT molecular complexity index is 1190. The molecule has 3 aromatic rings. The number of primary amides is 1. The molecule has 0 radical (unpaired) electrons. The number of nitrogens with zero attached hydrogens (tertiary/aromatic N) is 2. The van der Waals surface area contributed by atoms with Gasteiger partial charge in [-0.05, 0) is 62.7 Å². The van der Waals surface area contributed by atoms with E-state index in [1.807, 2.05) is 7.05 Å². The minimum atomic E-state index is -0.482. The van der Waals surface area contributed by atoms with Gasteiger partial charge in [-0.2, -0.15) is 0 Å². The third-order valence-electron chi connectivity index (χ3n) is 6.61. The van der Waals surface area contributed by atoms with E-state index in [-0.39, 0.29) is 5.91 Å². The number of aromatic nitrogens is 2. The fourth-order valence-electron chi connectivity index (χ4n) is 4.81. The van der Waals surface area contributed by atoms with Crippen LogP contribution in [0.2, 0.25) is 0 Å². The summed E-state index contributed by atoms with van der Waals surface area (Å²) in [6.07, 6.45) is 14.8. The first-order valence-corrected chi connectivity index (χ1v) is 12.2. The van der Waals surface area contributed by atoms with Crippen LogP contribution in [0.3, 0.4) is 0 Å². The standard InChI is InChI=1S/C25H34N6O2.C2H2/c1-16(32)28-10-4-3-5-13-31(2)25-22-19-7-6-18(17-8-11-27-12-9-17)14-21(19)30-23(22)20(15-29-25)24(26)33;1-2/h6-7,14-15,17,27,30H,3-5,8-13H2,1-2H3,(H2,26,33)(H,28,32);1-2H. The third-order valence-corrected chi connectivity index (χ3v) is 6.61. The second-order valence-corrected chi connectivity index (χ2v) is 9.03. The van der Waals surface area contributed by atoms with Gasteiger partial charge in [0.2, 0.25) is 5.91 Å². The molecular formula is C27H36N6O2. The number of hydrogen-bond donors (Lipinski definition) is 4. The number of nitrogens with one attached hydrogen (secondary N) is 3. The van der Waals surface area contributed by atoms with Crippen molar-refractivity contribution in [1.29, 1.82) is 0 Å². The molecular weight excluding hydrogens is 440 g/mol. The largest absolute Gasteiger partial charge is 0.365 e. The number of carbonyl (C=O) groups is 2. The Morgan fingerprint density at radius 3 is 2.63 bits per heavy atom. The predicted molar refractivity (Wildman–Crippen MR) is 143 cm³/mol. The van der Waals surface area contributed by atoms with Gasteiger partial charge in [0.05, 0.1) is 16.5 Å². The number of H-pyrrole nitrogens is 1. The van der Waals surface area contributed by atoms with E-state index in [0.29, 0.717) is 18.0 Å². The molecule has 0 atom stereocenters. The van der Waals surface area contributed by atoms with Crippen LogP contribution in [0.15, 0.2) is 24.4 Å². The maximum Gasteiger partial charge on any atom is 0.252 e. The summed E-state index contributed by atoms with van der Waals surface area (Å²) >= 11 is 0. The van der Waals surface area contributed by atoms with Gasteiger partial charge in [-0.1, -0.05) is 12.1 Å². The van der Waals surface area contributed by atoms with E-state index in [0.717, 1.165) is 79.4 Å². The Hall–Kier alpha value is -3.57. The molecule has 186 valence electrons. The number of aromatic amines is 1. The van der Waals surface area contributed by atoms with Gasteiger partial charge in [0, 0.05) is 44.2 Å². The lowest BCUT2D eigenvalue weighted by molar-refractivity contribution is -0.118. The van der Waals surface area contributed by atoms with Gasteiger partial charge in [0.15, 0.2) is 0 Å². The molecule has 1 saturated heterocycles. The number of nitrogens with two attached hydrogens (primary N) is 1. The number of pyridine rings is 1. The minimum absolute atomic E-state index is 0.0101. The lowest BCUT2D eigenvalue weighted by Gasteiger charge is -2.23. The normalized spacial score (nSPS) is 13.8. The quantitative estimate of drug-likeness (QED) is 0.279. The highest BCUT2D eigenvalue weighted by atomic mass is 16.1. The van der Waals surface area contributed by atoms with Crippen molar-refractivity contribution < 1.29 is 9.59 Å². The van der Waals surface area contributed by atoms with Crippen LogP contribution in [-0.4, -0.2) is 55.0 Å². The van der Waals surface area contributed by atoms with E-state index in [2.05, 4.69) is 56.5 Å². The van der Waals surface area contributed by atoms with Gasteiger partial charge in [-0.25, -0.2) is 4.98 Å². The molecule has 1 aliphatic heterocycles. The monoisotopic (exact) mass is 476 g/mol. The summed E-state index contributed by atoms with van der Waals surface area (Å²) < 4.78 is 0. The van der Waals surface area contributed by atoms with Crippen LogP contribution < -0.4 is 21.3 Å². The molecule has 8 nitrogen and oxygen atoms in total. The first-order chi connectivity index (χ1) is 17.0. The zero-order chi connectivity index (χ0) is 25.4. The maximum absolute atomic E-state index is 12.1. The van der Waals surface area contributed by atoms with Crippen LogP contribution in [-0.2, 0) is 4.79 Å². The van der Waals surface area contributed by atoms with Gasteiger partial charge in [-0.3, -0.25) is 9.59 Å². The van der Waals surface area contributed by atoms with Crippen LogP contribution >= 0.6 is 0 Å². The zero-order valence-corrected chi connectivity index (χ0v) is 20.7. The Labute approximate surface area is 207 Å². The van der Waals surface area contributed by atoms with Crippen molar-refractivity contribution in [1.82, 2.24) is 20.6 Å². The summed E-state index contributed by atoms with van der Waals surface area (Å²) in [5, 5.41) is 8.26. The highest BCUT2D eigenvalue weighted by Crippen LogP contribution is 2.36. The van der Waals surface area contributed by atoms with Crippen LogP contribution in [0.4, 0.5) is 5.82 Å². The molecule has 0 bridgehead atoms. The number of fused-ring (bicyclic) bond motifs is 3. The summed E-state index contributed by atoms with van der Waals surface area (Å²) in [7, 11) is 2.03. The van der Waals surface area contributed by atoms with E-state index >= 15 is 0 Å². The minimum Gasteiger partial charge on any atom is -0.365 e. The molecule has 3 heterocycles. The Balaban J connectivity index is 0.00000167. The Morgan fingerprint density at radius 2 is 1.94 bits per heavy atom. The molecule has 1 aliphatic rings. The van der Waals surface area contributed by atoms with E-state index < -0.39 is 5.91 Å². The van der Waals surface area contributed by atoms with E-state index in [9.17, 15) is 9.59 Å². The van der Waals surface area contributed by atoms with Crippen LogP contribution in [0.25, 0.3) is 21.8 Å². The maximum atomic E-state index is 12.1. The van der Waals surface area contributed by atoms with E-state index in [1.54, 1.807) is 6.20 Å². The van der Waals surface area contributed by atoms with Gasteiger partial charge in [0.25, 0.3) is 5.91 Å². The van der Waals surface area contributed by atoms with Crippen molar-refractivity contribution in [2.45, 2.75) is 44.9 Å². The number of unbranched alkanes of at least 4 members (excludes halogenated alkanes) is 2. The molecule has 0 spiro atoms. The van der Waals surface area contributed by atoms with Gasteiger partial charge in [0.1, 0.15) is 5.82 Å². The number of piperidine rings is 1. The van der Waals surface area contributed by atoms with Crippen molar-refractivity contribution in [3.63, 3.8) is 0 Å². The fourth-order valence-corrected chi connectivity index (χ4v) is 4.81. The van der Waals surface area contributed by atoms with Crippen molar-refractivity contribution >= 4 is 39.4 Å². The Morgan fingerprint density at radius 1 is 1.20 bits per heavy atom. The summed E-state index contributed by atoms with van der Waals surface area (Å²) in [6, 6.07) is 6.60. The van der Waals surface area contributed by atoms with Crippen molar-refractivity contribution in [2.24, 2.45) is 5.73 Å². The van der Waals surface area contributed by atoms with Crippen LogP contribution in [0, 0.1) is 12.8 Å². The predicted octanol–water partition coefficient (Wildman–Crippen LogP) is 3.27. The number of benzene rings is 1. The molecule has 0 aliphatic carbocycles. The smallest absolute Gasteiger partial charge is 0.252 e. The van der Waals surface area contributed by atoms with Gasteiger partial charge < -0.3 is 26.3 Å². The van der Waals surface area contributed by atoms with E-state index in [4.69, 9.17) is 5.73 Å². The number of terminal acetylenes is 1. The number of amides is 2. The molecule has 8 heteroatoms. The van der Waals surface area contributed by atoms with Crippen molar-refractivity contribution in [3.05, 3.63) is 35.5 Å². The molecule has 0 saturated carbocycles. The summed E-state index contributed by atoms with van der Waals surface area (Å²) in [4.78, 5) is 33.4. The number of anilines is 1. The summed E-state index contributed by atoms with van der Waals surface area (Å²) in [5.74, 6) is 0.925. The molecule has 5 N–H and O–H groups in total. The Kier molecular flexibility index (Phi) is 9.10. The highest BCUT2D eigenvalue weighted by Gasteiger charge is 2.21. The van der Waals surface area contributed by atoms with E-state index in [1.165, 1.54) is 12.5 Å². The van der Waals surface area contributed by atoms with Crippen molar-refractivity contribution in [3.8, 4) is 12.8 Å². The first kappa shape index (κ1) is 26.0. The molecule has 2 aromatic heterocycles. The molecule has 1 aromatic carbocycles. The number of carbonyl (C=O) groups excluding carboxylic acids is 2. The molecule has 35 heavy (non-hydrogen) atoms. The SMILES string of the molecule is C#C.CC(=O)NCCCCCN(C)c1ncc(C(N)=O)c2[nH]c3cc(C4CCNCC4)ccc3c12. The van der Waals surface area contributed by atoms with Crippen LogP contribution in [0.1, 0.15) is 60.9 Å².